The lowest BCUT2D eigenvalue weighted by Gasteiger charge is -2.11. The Morgan fingerprint density at radius 1 is 1.24 bits per heavy atom. The minimum Gasteiger partial charge on any atom is -0.494 e. The van der Waals surface area contributed by atoms with E-state index in [-0.39, 0.29) is 5.02 Å². The zero-order valence-corrected chi connectivity index (χ0v) is 11.1. The highest BCUT2D eigenvalue weighted by molar-refractivity contribution is 6.34. The number of halogens is 2. The summed E-state index contributed by atoms with van der Waals surface area (Å²) < 4.78 is 10.3. The van der Waals surface area contributed by atoms with E-state index >= 15 is 0 Å². The fourth-order valence-electron chi connectivity index (χ4n) is 1.82. The van der Waals surface area contributed by atoms with Crippen molar-refractivity contribution in [1.29, 1.82) is 0 Å². The Labute approximate surface area is 108 Å². The second-order valence-electron chi connectivity index (χ2n) is 3.74. The summed E-state index contributed by atoms with van der Waals surface area (Å²) in [6, 6.07) is 1.70. The molecule has 1 aromatic carbocycles. The molecule has 0 fully saturated rings. The summed E-state index contributed by atoms with van der Waals surface area (Å²) in [6.07, 6.45) is 0. The second kappa shape index (κ2) is 4.24. The van der Waals surface area contributed by atoms with Crippen LogP contribution in [0.1, 0.15) is 11.1 Å². The van der Waals surface area contributed by atoms with Crippen LogP contribution >= 0.6 is 23.2 Å². The molecule has 0 aliphatic heterocycles. The SMILES string of the molecule is COc1c(Cl)c(=O)oc2cc(C)c(Cl)c(C)c12. The highest BCUT2D eigenvalue weighted by Gasteiger charge is 2.17. The van der Waals surface area contributed by atoms with Crippen LogP contribution in [-0.4, -0.2) is 7.11 Å². The lowest BCUT2D eigenvalue weighted by molar-refractivity contribution is 0.413. The molecule has 0 radical (unpaired) electrons. The van der Waals surface area contributed by atoms with Gasteiger partial charge in [0.1, 0.15) is 5.58 Å². The van der Waals surface area contributed by atoms with E-state index in [1.165, 1.54) is 7.11 Å². The van der Waals surface area contributed by atoms with Crippen molar-refractivity contribution in [2.75, 3.05) is 7.11 Å². The fourth-order valence-corrected chi connectivity index (χ4v) is 2.18. The Morgan fingerprint density at radius 2 is 1.88 bits per heavy atom. The number of methoxy groups -OCH3 is 1. The number of hydrogen-bond donors (Lipinski definition) is 0. The van der Waals surface area contributed by atoms with Crippen LogP contribution < -0.4 is 10.4 Å². The monoisotopic (exact) mass is 272 g/mol. The van der Waals surface area contributed by atoms with Crippen LogP contribution in [0.15, 0.2) is 15.3 Å². The Morgan fingerprint density at radius 3 is 2.47 bits per heavy atom. The third-order valence-corrected chi connectivity index (χ3v) is 3.56. The quantitative estimate of drug-likeness (QED) is 0.743. The van der Waals surface area contributed by atoms with E-state index in [1.54, 1.807) is 6.07 Å². The van der Waals surface area contributed by atoms with E-state index in [0.29, 0.717) is 21.7 Å². The third-order valence-electron chi connectivity index (χ3n) is 2.66. The second-order valence-corrected chi connectivity index (χ2v) is 4.50. The van der Waals surface area contributed by atoms with Gasteiger partial charge < -0.3 is 9.15 Å². The maximum absolute atomic E-state index is 11.5. The molecule has 17 heavy (non-hydrogen) atoms. The van der Waals surface area contributed by atoms with Crippen LogP contribution in [0.2, 0.25) is 10.0 Å². The van der Waals surface area contributed by atoms with E-state index in [4.69, 9.17) is 32.4 Å². The number of rotatable bonds is 1. The normalized spacial score (nSPS) is 10.9. The minimum atomic E-state index is -0.614. The van der Waals surface area contributed by atoms with Crippen molar-refractivity contribution in [3.05, 3.63) is 37.7 Å². The highest BCUT2D eigenvalue weighted by atomic mass is 35.5. The lowest BCUT2D eigenvalue weighted by atomic mass is 10.1. The van der Waals surface area contributed by atoms with Crippen molar-refractivity contribution in [3.63, 3.8) is 0 Å². The predicted octanol–water partition coefficient (Wildman–Crippen LogP) is 3.73. The van der Waals surface area contributed by atoms with Crippen molar-refractivity contribution in [2.45, 2.75) is 13.8 Å². The van der Waals surface area contributed by atoms with Gasteiger partial charge in [-0.3, -0.25) is 0 Å². The zero-order chi connectivity index (χ0) is 12.7. The first-order valence-corrected chi connectivity index (χ1v) is 5.69. The molecule has 0 atom stereocenters. The molecule has 0 unspecified atom stereocenters. The van der Waals surface area contributed by atoms with Gasteiger partial charge in [0.25, 0.3) is 0 Å². The van der Waals surface area contributed by atoms with Gasteiger partial charge >= 0.3 is 5.63 Å². The van der Waals surface area contributed by atoms with Crippen molar-refractivity contribution in [2.24, 2.45) is 0 Å². The molecule has 1 heterocycles. The summed E-state index contributed by atoms with van der Waals surface area (Å²) in [5.41, 5.74) is 1.43. The van der Waals surface area contributed by atoms with Crippen LogP contribution in [0, 0.1) is 13.8 Å². The molecule has 2 rings (SSSR count). The van der Waals surface area contributed by atoms with Gasteiger partial charge in [0.2, 0.25) is 0 Å². The predicted molar refractivity (Wildman–Crippen MR) is 68.5 cm³/mol. The molecule has 3 nitrogen and oxygen atoms in total. The first-order chi connectivity index (χ1) is 7.97. The van der Waals surface area contributed by atoms with E-state index in [1.807, 2.05) is 13.8 Å². The van der Waals surface area contributed by atoms with E-state index in [2.05, 4.69) is 0 Å². The molecular formula is C12H10Cl2O3. The Balaban J connectivity index is 3.07. The maximum Gasteiger partial charge on any atom is 0.359 e. The van der Waals surface area contributed by atoms with Crippen LogP contribution in [0.4, 0.5) is 0 Å². The largest absolute Gasteiger partial charge is 0.494 e. The summed E-state index contributed by atoms with van der Waals surface area (Å²) in [6.45, 7) is 3.67. The standard InChI is InChI=1S/C12H10Cl2O3/c1-5-4-7-8(6(2)9(5)13)11(16-3)10(14)12(15)17-7/h4H,1-3H3. The Hall–Kier alpha value is -1.19. The van der Waals surface area contributed by atoms with Crippen LogP contribution in [0.3, 0.4) is 0 Å². The van der Waals surface area contributed by atoms with Crippen LogP contribution in [-0.2, 0) is 0 Å². The van der Waals surface area contributed by atoms with Crippen molar-refractivity contribution < 1.29 is 9.15 Å². The molecule has 0 saturated heterocycles. The van der Waals surface area contributed by atoms with Gasteiger partial charge in [0.05, 0.1) is 12.5 Å². The molecular weight excluding hydrogens is 263 g/mol. The van der Waals surface area contributed by atoms with Gasteiger partial charge in [-0.2, -0.15) is 0 Å². The number of aryl methyl sites for hydroxylation is 2. The molecule has 90 valence electrons. The molecule has 0 N–H and O–H groups in total. The maximum atomic E-state index is 11.5. The Kier molecular flexibility index (Phi) is 3.06. The first kappa shape index (κ1) is 12.3. The van der Waals surface area contributed by atoms with Gasteiger partial charge in [-0.15, -0.1) is 0 Å². The summed E-state index contributed by atoms with van der Waals surface area (Å²) in [4.78, 5) is 11.5. The number of ether oxygens (including phenoxy) is 1. The molecule has 0 aliphatic rings. The van der Waals surface area contributed by atoms with Gasteiger partial charge in [-0.05, 0) is 31.0 Å². The van der Waals surface area contributed by atoms with Gasteiger partial charge in [0.15, 0.2) is 10.8 Å². The van der Waals surface area contributed by atoms with E-state index < -0.39 is 5.63 Å². The summed E-state index contributed by atoms with van der Waals surface area (Å²) in [5, 5.41) is 1.18. The minimum absolute atomic E-state index is 0.0666. The molecule has 1 aromatic heterocycles. The van der Waals surface area contributed by atoms with Gasteiger partial charge in [-0.25, -0.2) is 4.79 Å². The molecule has 0 aliphatic carbocycles. The van der Waals surface area contributed by atoms with Crippen molar-refractivity contribution in [1.82, 2.24) is 0 Å². The van der Waals surface area contributed by atoms with Crippen molar-refractivity contribution >= 4 is 34.2 Å². The molecule has 0 amide bonds. The first-order valence-electron chi connectivity index (χ1n) is 4.93. The topological polar surface area (TPSA) is 39.4 Å². The third kappa shape index (κ3) is 1.79. The fraction of sp³-hybridized carbons (Fsp3) is 0.250. The average molecular weight is 273 g/mol. The smallest absolute Gasteiger partial charge is 0.359 e. The molecule has 0 bridgehead atoms. The number of fused-ring (bicyclic) bond motifs is 1. The van der Waals surface area contributed by atoms with Gasteiger partial charge in [-0.1, -0.05) is 23.2 Å². The molecule has 0 spiro atoms. The average Bonchev–Trinajstić information content (AvgIpc) is 2.29. The van der Waals surface area contributed by atoms with Crippen LogP contribution in [0.5, 0.6) is 5.75 Å². The molecule has 2 aromatic rings. The summed E-state index contributed by atoms with van der Waals surface area (Å²) in [7, 11) is 1.45. The lowest BCUT2D eigenvalue weighted by Crippen LogP contribution is -2.03. The van der Waals surface area contributed by atoms with E-state index in [9.17, 15) is 4.79 Å². The molecule has 5 heteroatoms. The number of hydrogen-bond acceptors (Lipinski definition) is 3. The van der Waals surface area contributed by atoms with Crippen molar-refractivity contribution in [3.8, 4) is 5.75 Å². The Bertz CT molecular complexity index is 659. The zero-order valence-electron chi connectivity index (χ0n) is 9.56. The van der Waals surface area contributed by atoms with Gasteiger partial charge in [0, 0.05) is 5.02 Å². The highest BCUT2D eigenvalue weighted by Crippen LogP contribution is 2.37. The molecule has 0 saturated carbocycles. The van der Waals surface area contributed by atoms with E-state index in [0.717, 1.165) is 11.1 Å². The summed E-state index contributed by atoms with van der Waals surface area (Å²) in [5.74, 6) is 0.303. The summed E-state index contributed by atoms with van der Waals surface area (Å²) >= 11 is 12.0. The van der Waals surface area contributed by atoms with Crippen LogP contribution in [0.25, 0.3) is 11.0 Å². The number of benzene rings is 1.